The van der Waals surface area contributed by atoms with E-state index in [1.165, 1.54) is 36.4 Å². The van der Waals surface area contributed by atoms with E-state index in [1.807, 2.05) is 0 Å². The number of benzene rings is 2. The topological polar surface area (TPSA) is 74.8 Å². The third-order valence-corrected chi connectivity index (χ3v) is 12.2. The van der Waals surface area contributed by atoms with Crippen LogP contribution in [0.1, 0.15) is 27.1 Å². The fourth-order valence-corrected chi connectivity index (χ4v) is 8.83. The van der Waals surface area contributed by atoms with Gasteiger partial charge in [-0.25, -0.2) is 9.40 Å². The Labute approximate surface area is 273 Å². The Balaban J connectivity index is 1.67. The van der Waals surface area contributed by atoms with E-state index in [0.29, 0.717) is 15.0 Å². The van der Waals surface area contributed by atoms with Gasteiger partial charge in [0.1, 0.15) is 21.6 Å². The van der Waals surface area contributed by atoms with Crippen LogP contribution in [-0.4, -0.2) is 59.5 Å². The van der Waals surface area contributed by atoms with Crippen molar-refractivity contribution in [2.75, 3.05) is 5.88 Å². The first-order valence-electron chi connectivity index (χ1n) is 11.8. The number of carbonyl (C=O) groups is 4. The molecule has 15 heteroatoms. The van der Waals surface area contributed by atoms with Gasteiger partial charge in [0.25, 0.3) is 17.7 Å². The van der Waals surface area contributed by atoms with E-state index in [9.17, 15) is 23.6 Å². The maximum Gasteiger partial charge on any atom is 0.273 e. The summed E-state index contributed by atoms with van der Waals surface area (Å²) in [4.78, 5) is 51.8. The summed E-state index contributed by atoms with van der Waals surface area (Å²) in [6.07, 6.45) is -0.212. The predicted octanol–water partition coefficient (Wildman–Crippen LogP) is 7.16. The van der Waals surface area contributed by atoms with E-state index in [2.05, 4.69) is 0 Å². The third kappa shape index (κ3) is 4.18. The van der Waals surface area contributed by atoms with E-state index in [0.717, 1.165) is 12.1 Å². The Hall–Kier alpha value is -1.29. The second-order valence-electron chi connectivity index (χ2n) is 9.59. The van der Waals surface area contributed by atoms with Crippen molar-refractivity contribution >= 4 is 116 Å². The summed E-state index contributed by atoms with van der Waals surface area (Å²) in [6.45, 7) is 0. The van der Waals surface area contributed by atoms with Crippen LogP contribution in [0.4, 0.5) is 4.39 Å². The zero-order valence-electron chi connectivity index (χ0n) is 20.2. The quantitative estimate of drug-likeness (QED) is 0.173. The highest BCUT2D eigenvalue weighted by atomic mass is 35.5. The molecule has 5 rings (SSSR count). The van der Waals surface area contributed by atoms with Crippen LogP contribution in [0.15, 0.2) is 58.6 Å². The monoisotopic (exact) mass is 718 g/mol. The maximum absolute atomic E-state index is 14.1. The predicted molar refractivity (Wildman–Crippen MR) is 157 cm³/mol. The molecule has 41 heavy (non-hydrogen) atoms. The van der Waals surface area contributed by atoms with E-state index < -0.39 is 61.3 Å². The van der Waals surface area contributed by atoms with Crippen molar-refractivity contribution in [2.45, 2.75) is 26.5 Å². The van der Waals surface area contributed by atoms with Gasteiger partial charge in [-0.1, -0.05) is 58.0 Å². The minimum Gasteiger partial charge on any atom is -0.292 e. The van der Waals surface area contributed by atoms with Gasteiger partial charge in [0.2, 0.25) is 0 Å². The molecule has 0 radical (unpaired) electrons. The average molecular weight is 722 g/mol. The molecular formula is C26H15Cl8FN2O4. The number of ketones is 1. The van der Waals surface area contributed by atoms with Crippen molar-refractivity contribution in [1.82, 2.24) is 10.0 Å². The first-order valence-corrected chi connectivity index (χ1v) is 15.0. The smallest absolute Gasteiger partial charge is 0.273 e. The van der Waals surface area contributed by atoms with Crippen LogP contribution in [0, 0.1) is 17.7 Å². The summed E-state index contributed by atoms with van der Waals surface area (Å²) in [6, 6.07) is 8.50. The Morgan fingerprint density at radius 1 is 0.829 bits per heavy atom. The standard InChI is InChI=1S/C26H15Cl8FN2O4/c27-10-9-15(18(38)11-3-7-14(35)8-4-11)36(21(39)12-1-5-13(28)6-2-12)37-22(40)16-17(23(37)41)25(32)20(30)19(29)24(16,31)26(25,33)34/h1-8,15-17H,9-10H2/t15-,16-,17+,24-,25-/m1/s1. The SMILES string of the molecule is O=C(c1ccc(F)cc1)[C@@H](CCCl)N(C(=O)c1ccc(Cl)cc1)N1C(=O)[C@@H]2[C@H](C1=O)[C@@]1(Cl)C(Cl)=C(Cl)[C@@]2(Cl)C1(Cl)Cl. The number of halogens is 9. The molecule has 6 nitrogen and oxygen atoms in total. The molecule has 1 saturated carbocycles. The zero-order chi connectivity index (χ0) is 30.2. The molecule has 2 bridgehead atoms. The molecule has 1 aliphatic heterocycles. The molecular weight excluding hydrogens is 707 g/mol. The van der Waals surface area contributed by atoms with E-state index in [-0.39, 0.29) is 33.5 Å². The Kier molecular flexibility index (Phi) is 8.13. The molecule has 0 N–H and O–H groups in total. The van der Waals surface area contributed by atoms with Crippen LogP contribution in [0.25, 0.3) is 0 Å². The lowest BCUT2D eigenvalue weighted by molar-refractivity contribution is -0.157. The largest absolute Gasteiger partial charge is 0.292 e. The molecule has 0 spiro atoms. The van der Waals surface area contributed by atoms with Crippen molar-refractivity contribution in [1.29, 1.82) is 0 Å². The highest BCUT2D eigenvalue weighted by Crippen LogP contribution is 2.77. The average Bonchev–Trinajstić information content (AvgIpc) is 3.32. The summed E-state index contributed by atoms with van der Waals surface area (Å²) in [5, 5.41) is 0.866. The normalized spacial score (nSPS) is 28.8. The molecule has 2 aromatic carbocycles. The molecule has 2 aliphatic carbocycles. The lowest BCUT2D eigenvalue weighted by Gasteiger charge is -2.39. The van der Waals surface area contributed by atoms with Gasteiger partial charge in [0.15, 0.2) is 10.1 Å². The number of hydrogen-bond acceptors (Lipinski definition) is 4. The van der Waals surface area contributed by atoms with E-state index in [4.69, 9.17) is 92.8 Å². The van der Waals surface area contributed by atoms with Gasteiger partial charge in [-0.05, 0) is 55.0 Å². The summed E-state index contributed by atoms with van der Waals surface area (Å²) in [5.74, 6) is -7.64. The number of fused-ring (bicyclic) bond motifs is 5. The molecule has 3 amide bonds. The van der Waals surface area contributed by atoms with Gasteiger partial charge in [-0.3, -0.25) is 19.2 Å². The van der Waals surface area contributed by atoms with Crippen LogP contribution in [0.5, 0.6) is 0 Å². The minimum absolute atomic E-state index is 0.00861. The van der Waals surface area contributed by atoms with Gasteiger partial charge in [-0.2, -0.15) is 5.01 Å². The maximum atomic E-state index is 14.1. The molecule has 2 aromatic rings. The van der Waals surface area contributed by atoms with Crippen LogP contribution >= 0.6 is 92.8 Å². The van der Waals surface area contributed by atoms with Crippen molar-refractivity contribution in [3.8, 4) is 0 Å². The minimum atomic E-state index is -2.20. The lowest BCUT2D eigenvalue weighted by atomic mass is 9.84. The van der Waals surface area contributed by atoms with E-state index >= 15 is 0 Å². The number of amides is 3. The van der Waals surface area contributed by atoms with Gasteiger partial charge < -0.3 is 0 Å². The van der Waals surface area contributed by atoms with Crippen LogP contribution in [0.2, 0.25) is 5.02 Å². The zero-order valence-corrected chi connectivity index (χ0v) is 26.2. The highest BCUT2D eigenvalue weighted by Gasteiger charge is 2.88. The number of imide groups is 1. The number of hydrazine groups is 1. The molecule has 5 atom stereocenters. The summed E-state index contributed by atoms with van der Waals surface area (Å²) in [7, 11) is 0. The van der Waals surface area contributed by atoms with Gasteiger partial charge in [-0.15, -0.1) is 34.8 Å². The second-order valence-corrected chi connectivity index (χ2v) is 13.7. The van der Waals surface area contributed by atoms with Crippen molar-refractivity contribution < 1.29 is 23.6 Å². The number of hydrogen-bond donors (Lipinski definition) is 0. The number of allylic oxidation sites excluding steroid dienone is 2. The first-order chi connectivity index (χ1) is 19.2. The summed E-state index contributed by atoms with van der Waals surface area (Å²) < 4.78 is 11.4. The lowest BCUT2D eigenvalue weighted by Crippen LogP contribution is -2.60. The molecule has 1 heterocycles. The van der Waals surface area contributed by atoms with Crippen molar-refractivity contribution in [2.24, 2.45) is 11.8 Å². The van der Waals surface area contributed by atoms with Gasteiger partial charge in [0, 0.05) is 22.0 Å². The Bertz CT molecular complexity index is 1470. The number of nitrogens with zero attached hydrogens (tertiary/aromatic N) is 2. The van der Waals surface area contributed by atoms with Gasteiger partial charge >= 0.3 is 0 Å². The third-order valence-electron chi connectivity index (χ3n) is 7.51. The Morgan fingerprint density at radius 3 is 1.76 bits per heavy atom. The number of alkyl halides is 5. The van der Waals surface area contributed by atoms with E-state index in [1.54, 1.807) is 0 Å². The number of rotatable bonds is 7. The van der Waals surface area contributed by atoms with Crippen LogP contribution in [0.3, 0.4) is 0 Å². The summed E-state index contributed by atoms with van der Waals surface area (Å²) in [5.41, 5.74) is -0.0356. The molecule has 0 aromatic heterocycles. The van der Waals surface area contributed by atoms with Crippen molar-refractivity contribution in [3.05, 3.63) is 80.6 Å². The Morgan fingerprint density at radius 2 is 1.29 bits per heavy atom. The molecule has 2 fully saturated rings. The summed E-state index contributed by atoms with van der Waals surface area (Å²) >= 11 is 51.6. The van der Waals surface area contributed by atoms with Crippen LogP contribution in [-0.2, 0) is 9.59 Å². The first kappa shape index (κ1) is 31.1. The van der Waals surface area contributed by atoms with Gasteiger partial charge in [0.05, 0.1) is 21.9 Å². The fourth-order valence-electron chi connectivity index (χ4n) is 5.56. The fraction of sp³-hybridized carbons (Fsp3) is 0.308. The molecule has 0 unspecified atom stereocenters. The molecule has 3 aliphatic rings. The van der Waals surface area contributed by atoms with Crippen LogP contribution < -0.4 is 0 Å². The molecule has 1 saturated heterocycles. The highest BCUT2D eigenvalue weighted by molar-refractivity contribution is 6.66. The van der Waals surface area contributed by atoms with Crippen molar-refractivity contribution in [3.63, 3.8) is 0 Å². The number of Topliss-reactive ketones (excluding diaryl/α,β-unsaturated/α-hetero) is 1. The molecule has 216 valence electrons. The second kappa shape index (κ2) is 10.7. The number of carbonyl (C=O) groups excluding carboxylic acids is 4.